The first kappa shape index (κ1) is 17.4. The Morgan fingerprint density at radius 1 is 1.07 bits per heavy atom. The van der Waals surface area contributed by atoms with Crippen LogP contribution in [0, 0.1) is 13.8 Å². The highest BCUT2D eigenvalue weighted by Gasteiger charge is 2.39. The molecular weight excluding hydrogens is 356 g/mol. The second kappa shape index (κ2) is 7.03. The molecule has 146 valence electrons. The minimum atomic E-state index is 0.0409. The van der Waals surface area contributed by atoms with Crippen LogP contribution in [-0.2, 0) is 9.47 Å². The average Bonchev–Trinajstić information content (AvgIpc) is 3.28. The number of aromatic nitrogens is 4. The summed E-state index contributed by atoms with van der Waals surface area (Å²) < 4.78 is 14.4. The molecule has 2 aliphatic rings. The van der Waals surface area contributed by atoms with Crippen LogP contribution in [0.4, 0.5) is 11.5 Å². The maximum absolute atomic E-state index is 6.23. The van der Waals surface area contributed by atoms with Gasteiger partial charge in [-0.05, 0) is 26.0 Å². The van der Waals surface area contributed by atoms with E-state index >= 15 is 0 Å². The van der Waals surface area contributed by atoms with Crippen LogP contribution in [0.1, 0.15) is 11.3 Å². The maximum atomic E-state index is 6.23. The number of anilines is 2. The summed E-state index contributed by atoms with van der Waals surface area (Å²) in [5.74, 6) is 1.08. The maximum Gasteiger partial charge on any atom is 0.157 e. The summed E-state index contributed by atoms with van der Waals surface area (Å²) in [6, 6.07) is 5.98. The molecule has 8 heteroatoms. The Hall–Kier alpha value is -2.71. The predicted molar refractivity (Wildman–Crippen MR) is 106 cm³/mol. The molecule has 2 fully saturated rings. The van der Waals surface area contributed by atoms with Crippen molar-refractivity contribution < 1.29 is 9.47 Å². The van der Waals surface area contributed by atoms with Crippen LogP contribution in [0.5, 0.6) is 0 Å². The molecular formula is C20H24N6O2. The van der Waals surface area contributed by atoms with E-state index in [2.05, 4.69) is 32.2 Å². The zero-order chi connectivity index (χ0) is 19.1. The van der Waals surface area contributed by atoms with E-state index in [9.17, 15) is 0 Å². The number of fused-ring (bicyclic) bond motifs is 2. The minimum Gasteiger partial charge on any atom is -0.376 e. The van der Waals surface area contributed by atoms with Gasteiger partial charge in [-0.3, -0.25) is 4.98 Å². The third kappa shape index (κ3) is 3.08. The van der Waals surface area contributed by atoms with Crippen molar-refractivity contribution in [2.24, 2.45) is 0 Å². The number of nitrogens with zero attached hydrogens (tertiary/aromatic N) is 5. The van der Waals surface area contributed by atoms with Gasteiger partial charge in [-0.15, -0.1) is 0 Å². The number of aryl methyl sites for hydroxylation is 1. The van der Waals surface area contributed by atoms with Crippen LogP contribution in [0.3, 0.4) is 0 Å². The molecule has 0 aromatic carbocycles. The van der Waals surface area contributed by atoms with Gasteiger partial charge in [0, 0.05) is 42.8 Å². The first-order valence-electron chi connectivity index (χ1n) is 9.64. The van der Waals surface area contributed by atoms with Crippen molar-refractivity contribution in [1.82, 2.24) is 19.6 Å². The summed E-state index contributed by atoms with van der Waals surface area (Å²) in [5, 5.41) is 7.92. The third-order valence-electron chi connectivity index (χ3n) is 5.55. The van der Waals surface area contributed by atoms with Crippen LogP contribution in [0.2, 0.25) is 0 Å². The lowest BCUT2D eigenvalue weighted by Crippen LogP contribution is -2.32. The molecule has 5 rings (SSSR count). The lowest BCUT2D eigenvalue weighted by Gasteiger charge is -2.23. The summed E-state index contributed by atoms with van der Waals surface area (Å²) in [6.45, 7) is 6.92. The van der Waals surface area contributed by atoms with Gasteiger partial charge in [0.15, 0.2) is 5.65 Å². The van der Waals surface area contributed by atoms with Crippen molar-refractivity contribution in [3.63, 3.8) is 0 Å². The molecule has 0 spiro atoms. The summed E-state index contributed by atoms with van der Waals surface area (Å²) in [4.78, 5) is 11.1. The number of hydrogen-bond acceptors (Lipinski definition) is 7. The number of nitrogens with one attached hydrogen (secondary N) is 1. The van der Waals surface area contributed by atoms with Crippen molar-refractivity contribution in [2.45, 2.75) is 32.1 Å². The highest BCUT2D eigenvalue weighted by Crippen LogP contribution is 2.29. The third-order valence-corrected chi connectivity index (χ3v) is 5.55. The van der Waals surface area contributed by atoms with Crippen molar-refractivity contribution in [3.05, 3.63) is 48.0 Å². The normalized spacial score (nSPS) is 23.0. The van der Waals surface area contributed by atoms with E-state index in [0.29, 0.717) is 13.2 Å². The molecule has 2 aliphatic heterocycles. The predicted octanol–water partition coefficient (Wildman–Crippen LogP) is 1.83. The van der Waals surface area contributed by atoms with Gasteiger partial charge in [0.2, 0.25) is 0 Å². The molecule has 2 saturated heterocycles. The fourth-order valence-electron chi connectivity index (χ4n) is 4.02. The van der Waals surface area contributed by atoms with Gasteiger partial charge < -0.3 is 19.7 Å². The topological polar surface area (TPSA) is 76.8 Å². The van der Waals surface area contributed by atoms with Crippen molar-refractivity contribution in [2.75, 3.05) is 36.5 Å². The van der Waals surface area contributed by atoms with E-state index in [1.165, 1.54) is 0 Å². The van der Waals surface area contributed by atoms with Crippen molar-refractivity contribution >= 4 is 17.2 Å². The van der Waals surface area contributed by atoms with E-state index in [0.717, 1.165) is 41.5 Å². The molecule has 0 saturated carbocycles. The number of hydrogen-bond donors (Lipinski definition) is 1. The van der Waals surface area contributed by atoms with Crippen LogP contribution < -0.4 is 10.2 Å². The summed E-state index contributed by atoms with van der Waals surface area (Å²) in [5.41, 5.74) is 4.02. The van der Waals surface area contributed by atoms with Gasteiger partial charge in [0.05, 0.1) is 31.1 Å². The van der Waals surface area contributed by atoms with Gasteiger partial charge in [-0.25, -0.2) is 4.98 Å². The van der Waals surface area contributed by atoms with E-state index in [-0.39, 0.29) is 18.2 Å². The molecule has 3 aromatic heterocycles. The molecule has 0 bridgehead atoms. The fourth-order valence-corrected chi connectivity index (χ4v) is 4.02. The number of pyridine rings is 1. The Morgan fingerprint density at radius 3 is 2.57 bits per heavy atom. The van der Waals surface area contributed by atoms with Crippen LogP contribution in [0.15, 0.2) is 36.8 Å². The molecule has 3 aromatic rings. The Bertz CT molecular complexity index is 959. The molecule has 5 heterocycles. The van der Waals surface area contributed by atoms with Gasteiger partial charge >= 0.3 is 0 Å². The lowest BCUT2D eigenvalue weighted by atomic mass is 10.2. The van der Waals surface area contributed by atoms with Crippen LogP contribution >= 0.6 is 0 Å². The van der Waals surface area contributed by atoms with E-state index in [1.807, 2.05) is 35.8 Å². The van der Waals surface area contributed by atoms with Crippen LogP contribution in [0.25, 0.3) is 5.65 Å². The zero-order valence-electron chi connectivity index (χ0n) is 16.1. The standard InChI is InChI=1S/C20H24N6O2/c1-13-14(2)23-19-5-7-22-26(19)20(13)25-9-17-18(10-25)28-12-16(11-27-17)24-15-4-3-6-21-8-15/h3-8,16-18,24H,9-12H2,1-2H3/t17-,18-/m0/s1. The molecule has 8 nitrogen and oxygen atoms in total. The van der Waals surface area contributed by atoms with E-state index < -0.39 is 0 Å². The molecule has 28 heavy (non-hydrogen) atoms. The SMILES string of the molecule is Cc1nc2ccnn2c(N2C[C@@H]3OCC(Nc4cccnc4)CO[C@H]3C2)c1C. The first-order valence-corrected chi connectivity index (χ1v) is 9.64. The van der Waals surface area contributed by atoms with Gasteiger partial charge in [0.1, 0.15) is 18.0 Å². The molecule has 1 N–H and O–H groups in total. The Labute approximate surface area is 163 Å². The minimum absolute atomic E-state index is 0.0409. The van der Waals surface area contributed by atoms with Crippen LogP contribution in [-0.4, -0.2) is 64.1 Å². The monoisotopic (exact) mass is 380 g/mol. The Balaban J connectivity index is 1.32. The Morgan fingerprint density at radius 2 is 1.86 bits per heavy atom. The second-order valence-corrected chi connectivity index (χ2v) is 7.48. The van der Waals surface area contributed by atoms with E-state index in [4.69, 9.17) is 9.47 Å². The Kier molecular flexibility index (Phi) is 4.37. The number of rotatable bonds is 3. The molecule has 0 amide bonds. The number of ether oxygens (including phenoxy) is 2. The van der Waals surface area contributed by atoms with E-state index in [1.54, 1.807) is 12.4 Å². The second-order valence-electron chi connectivity index (χ2n) is 7.48. The first-order chi connectivity index (χ1) is 13.7. The largest absolute Gasteiger partial charge is 0.376 e. The summed E-state index contributed by atoms with van der Waals surface area (Å²) >= 11 is 0. The molecule has 2 atom stereocenters. The van der Waals surface area contributed by atoms with Gasteiger partial charge in [0.25, 0.3) is 0 Å². The highest BCUT2D eigenvalue weighted by atomic mass is 16.6. The lowest BCUT2D eigenvalue weighted by molar-refractivity contribution is -0.00461. The van der Waals surface area contributed by atoms with Gasteiger partial charge in [-0.2, -0.15) is 9.61 Å². The average molecular weight is 380 g/mol. The highest BCUT2D eigenvalue weighted by molar-refractivity contribution is 5.57. The fraction of sp³-hybridized carbons (Fsp3) is 0.450. The van der Waals surface area contributed by atoms with Crippen molar-refractivity contribution in [3.8, 4) is 0 Å². The quantitative estimate of drug-likeness (QED) is 0.743. The zero-order valence-corrected chi connectivity index (χ0v) is 16.1. The smallest absolute Gasteiger partial charge is 0.157 e. The molecule has 0 radical (unpaired) electrons. The van der Waals surface area contributed by atoms with Crippen molar-refractivity contribution in [1.29, 1.82) is 0 Å². The summed E-state index contributed by atoms with van der Waals surface area (Å²) in [7, 11) is 0. The molecule has 0 aliphatic carbocycles. The summed E-state index contributed by atoms with van der Waals surface area (Å²) in [6.07, 6.45) is 5.46. The van der Waals surface area contributed by atoms with Gasteiger partial charge in [-0.1, -0.05) is 0 Å². The molecule has 0 unspecified atom stereocenters.